The molecular weight excluding hydrogens is 556 g/mol. The summed E-state index contributed by atoms with van der Waals surface area (Å²) in [5.74, 6) is 0.943. The highest BCUT2D eigenvalue weighted by Crippen LogP contribution is 2.30. The van der Waals surface area contributed by atoms with Crippen LogP contribution in [0.15, 0.2) is 112 Å². The Balaban J connectivity index is 1.68. The summed E-state index contributed by atoms with van der Waals surface area (Å²) < 4.78 is 7.93. The van der Waals surface area contributed by atoms with Gasteiger partial charge in [0.2, 0.25) is 0 Å². The zero-order valence-electron chi connectivity index (χ0n) is 21.5. The van der Waals surface area contributed by atoms with Crippen LogP contribution in [-0.4, -0.2) is 27.6 Å². The minimum Gasteiger partial charge on any atom is -0.495 e. The lowest BCUT2D eigenvalue weighted by Gasteiger charge is -2.31. The Bertz CT molecular complexity index is 1690. The van der Waals surface area contributed by atoms with Crippen LogP contribution >= 0.6 is 15.9 Å². The molecule has 0 radical (unpaired) electrons. The summed E-state index contributed by atoms with van der Waals surface area (Å²) in [6, 6.07) is 30.8. The number of rotatable bonds is 7. The van der Waals surface area contributed by atoms with E-state index in [0.29, 0.717) is 40.4 Å². The van der Waals surface area contributed by atoms with Crippen molar-refractivity contribution in [2.45, 2.75) is 19.5 Å². The Morgan fingerprint density at radius 3 is 2.38 bits per heavy atom. The lowest BCUT2D eigenvalue weighted by molar-refractivity contribution is 0.185. The molecule has 7 nitrogen and oxygen atoms in total. The summed E-state index contributed by atoms with van der Waals surface area (Å²) in [4.78, 5) is 34.4. The molecule has 1 atom stereocenters. The Hall–Kier alpha value is -4.43. The van der Waals surface area contributed by atoms with E-state index >= 15 is 0 Å². The van der Waals surface area contributed by atoms with Gasteiger partial charge < -0.3 is 15.0 Å². The Morgan fingerprint density at radius 2 is 1.62 bits per heavy atom. The van der Waals surface area contributed by atoms with Crippen molar-refractivity contribution in [3.8, 4) is 11.4 Å². The molecule has 4 aromatic carbocycles. The third-order valence-electron chi connectivity index (χ3n) is 6.54. The van der Waals surface area contributed by atoms with Crippen molar-refractivity contribution in [1.82, 2.24) is 14.5 Å². The highest BCUT2D eigenvalue weighted by atomic mass is 79.9. The highest BCUT2D eigenvalue weighted by molar-refractivity contribution is 9.10. The van der Waals surface area contributed by atoms with E-state index < -0.39 is 6.04 Å². The van der Waals surface area contributed by atoms with E-state index in [1.807, 2.05) is 97.9 Å². The van der Waals surface area contributed by atoms with Gasteiger partial charge in [-0.05, 0) is 64.8 Å². The first kappa shape index (κ1) is 26.2. The number of aromatic nitrogens is 2. The van der Waals surface area contributed by atoms with Gasteiger partial charge in [-0.2, -0.15) is 0 Å². The molecule has 1 N–H and O–H groups in total. The third-order valence-corrected chi connectivity index (χ3v) is 7.23. The Morgan fingerprint density at radius 1 is 0.949 bits per heavy atom. The maximum absolute atomic E-state index is 14.0. The quantitative estimate of drug-likeness (QED) is 0.225. The summed E-state index contributed by atoms with van der Waals surface area (Å²) in [6.45, 7) is 2.18. The summed E-state index contributed by atoms with van der Waals surface area (Å²) in [6.07, 6.45) is 0. The molecule has 0 aliphatic rings. The second-order valence-corrected chi connectivity index (χ2v) is 9.85. The molecule has 0 saturated carbocycles. The van der Waals surface area contributed by atoms with E-state index in [9.17, 15) is 9.59 Å². The van der Waals surface area contributed by atoms with Gasteiger partial charge in [-0.1, -0.05) is 66.7 Å². The number of urea groups is 1. The minimum absolute atomic E-state index is 0.238. The van der Waals surface area contributed by atoms with Crippen molar-refractivity contribution in [3.05, 3.63) is 129 Å². The van der Waals surface area contributed by atoms with Crippen molar-refractivity contribution in [2.24, 2.45) is 0 Å². The largest absolute Gasteiger partial charge is 0.495 e. The van der Waals surface area contributed by atoms with Crippen molar-refractivity contribution in [3.63, 3.8) is 0 Å². The first-order valence-electron chi connectivity index (χ1n) is 12.5. The van der Waals surface area contributed by atoms with Gasteiger partial charge in [-0.25, -0.2) is 9.78 Å². The predicted molar refractivity (Wildman–Crippen MR) is 157 cm³/mol. The number of ether oxygens (including phenoxy) is 1. The van der Waals surface area contributed by atoms with Crippen molar-refractivity contribution >= 4 is 38.6 Å². The molecular formula is C31H27BrN4O3. The monoisotopic (exact) mass is 582 g/mol. The second-order valence-electron chi connectivity index (χ2n) is 9.00. The summed E-state index contributed by atoms with van der Waals surface area (Å²) >= 11 is 3.51. The number of hydrogen-bond acceptors (Lipinski definition) is 4. The van der Waals surface area contributed by atoms with E-state index in [1.165, 1.54) is 0 Å². The van der Waals surface area contributed by atoms with E-state index in [-0.39, 0.29) is 11.6 Å². The maximum Gasteiger partial charge on any atom is 0.322 e. The van der Waals surface area contributed by atoms with Crippen LogP contribution < -0.4 is 15.6 Å². The average Bonchev–Trinajstić information content (AvgIpc) is 2.97. The number of nitrogens with zero attached hydrogens (tertiary/aromatic N) is 3. The molecule has 1 heterocycles. The van der Waals surface area contributed by atoms with Gasteiger partial charge in [0.05, 0.1) is 35.4 Å². The number of para-hydroxylation sites is 4. The number of amides is 2. The van der Waals surface area contributed by atoms with Crippen molar-refractivity contribution in [1.29, 1.82) is 0 Å². The number of fused-ring (bicyclic) bond motifs is 1. The number of nitrogens with one attached hydrogen (secondary N) is 1. The fourth-order valence-corrected chi connectivity index (χ4v) is 4.92. The van der Waals surface area contributed by atoms with Gasteiger partial charge in [-0.15, -0.1) is 0 Å². The van der Waals surface area contributed by atoms with Crippen LogP contribution in [0.4, 0.5) is 10.5 Å². The van der Waals surface area contributed by atoms with Crippen molar-refractivity contribution in [2.75, 3.05) is 12.4 Å². The Kier molecular flexibility index (Phi) is 7.74. The van der Waals surface area contributed by atoms with Crippen LogP contribution in [0, 0.1) is 0 Å². The normalized spacial score (nSPS) is 11.7. The molecule has 5 aromatic rings. The average molecular weight is 583 g/mol. The Labute approximate surface area is 234 Å². The van der Waals surface area contributed by atoms with E-state index in [1.54, 1.807) is 28.7 Å². The van der Waals surface area contributed by atoms with Gasteiger partial charge >= 0.3 is 6.03 Å². The zero-order chi connectivity index (χ0) is 27.4. The number of carbonyl (C=O) groups excluding carboxylic acids is 1. The minimum atomic E-state index is -0.602. The van der Waals surface area contributed by atoms with Crippen LogP contribution in [0.1, 0.15) is 24.4 Å². The predicted octanol–water partition coefficient (Wildman–Crippen LogP) is 6.95. The maximum atomic E-state index is 14.0. The molecule has 0 aliphatic heterocycles. The number of carbonyl (C=O) groups is 1. The molecule has 0 saturated heterocycles. The lowest BCUT2D eigenvalue weighted by atomic mass is 10.1. The van der Waals surface area contributed by atoms with Gasteiger partial charge in [0.25, 0.3) is 5.56 Å². The number of hydrogen-bond donors (Lipinski definition) is 1. The fourth-order valence-electron chi connectivity index (χ4n) is 4.53. The number of halogens is 1. The van der Waals surface area contributed by atoms with Gasteiger partial charge in [-0.3, -0.25) is 9.36 Å². The SMILES string of the molecule is COc1ccccc1-n1c(C(C)N(Cc2ccccc2)C(=O)Nc2ccccc2Br)nc2ccccc2c1=O. The van der Waals surface area contributed by atoms with Gasteiger partial charge in [0, 0.05) is 11.0 Å². The summed E-state index contributed by atoms with van der Waals surface area (Å²) in [5.41, 5.74) is 2.45. The number of benzene rings is 4. The number of anilines is 1. The third kappa shape index (κ3) is 5.42. The summed E-state index contributed by atoms with van der Waals surface area (Å²) in [5, 5.41) is 3.49. The first-order chi connectivity index (χ1) is 19.0. The van der Waals surface area contributed by atoms with Crippen LogP contribution in [-0.2, 0) is 6.54 Å². The molecule has 39 heavy (non-hydrogen) atoms. The first-order valence-corrected chi connectivity index (χ1v) is 13.3. The molecule has 2 amide bonds. The standard InChI is InChI=1S/C31H27BrN4O3/c1-21(35(20-22-12-4-3-5-13-22)31(38)34-26-17-9-7-15-24(26)32)29-33-25-16-8-6-14-23(25)30(37)36(29)27-18-10-11-19-28(27)39-2/h3-19,21H,20H2,1-2H3,(H,34,38). The second kappa shape index (κ2) is 11.5. The van der Waals surface area contributed by atoms with E-state index in [2.05, 4.69) is 21.2 Å². The van der Waals surface area contributed by atoms with E-state index in [4.69, 9.17) is 9.72 Å². The molecule has 1 aromatic heterocycles. The van der Waals surface area contributed by atoms with Crippen LogP contribution in [0.3, 0.4) is 0 Å². The molecule has 0 spiro atoms. The highest BCUT2D eigenvalue weighted by Gasteiger charge is 2.28. The van der Waals surface area contributed by atoms with Crippen LogP contribution in [0.5, 0.6) is 5.75 Å². The molecule has 8 heteroatoms. The van der Waals surface area contributed by atoms with Gasteiger partial charge in [0.15, 0.2) is 0 Å². The molecule has 1 unspecified atom stereocenters. The molecule has 5 rings (SSSR count). The topological polar surface area (TPSA) is 76.5 Å². The van der Waals surface area contributed by atoms with Gasteiger partial charge in [0.1, 0.15) is 11.6 Å². The lowest BCUT2D eigenvalue weighted by Crippen LogP contribution is -2.39. The molecule has 0 fully saturated rings. The van der Waals surface area contributed by atoms with Crippen LogP contribution in [0.25, 0.3) is 16.6 Å². The zero-order valence-corrected chi connectivity index (χ0v) is 23.1. The molecule has 0 bridgehead atoms. The smallest absolute Gasteiger partial charge is 0.322 e. The number of methoxy groups -OCH3 is 1. The van der Waals surface area contributed by atoms with Crippen LogP contribution in [0.2, 0.25) is 0 Å². The molecule has 0 aliphatic carbocycles. The fraction of sp³-hybridized carbons (Fsp3) is 0.129. The molecule has 196 valence electrons. The van der Waals surface area contributed by atoms with E-state index in [0.717, 1.165) is 10.0 Å². The van der Waals surface area contributed by atoms with Crippen molar-refractivity contribution < 1.29 is 9.53 Å². The summed E-state index contributed by atoms with van der Waals surface area (Å²) in [7, 11) is 1.56.